The molecule has 0 aliphatic carbocycles. The fraction of sp³-hybridized carbons (Fsp3) is 0.200. The lowest BCUT2D eigenvalue weighted by atomic mass is 9.80. The van der Waals surface area contributed by atoms with Gasteiger partial charge in [0.25, 0.3) is 0 Å². The zero-order valence-electron chi connectivity index (χ0n) is 10.9. The summed E-state index contributed by atoms with van der Waals surface area (Å²) in [7, 11) is 0. The molecule has 1 atom stereocenters. The highest BCUT2D eigenvalue weighted by atomic mass is 35.5. The lowest BCUT2D eigenvalue weighted by molar-refractivity contribution is -0.336. The topological polar surface area (TPSA) is 20.2 Å². The fourth-order valence-corrected chi connectivity index (χ4v) is 2.42. The normalized spacial score (nSPS) is 15.4. The van der Waals surface area contributed by atoms with E-state index < -0.39 is 33.8 Å². The molecule has 0 aromatic heterocycles. The summed E-state index contributed by atoms with van der Waals surface area (Å²) in [6.45, 7) is 0. The van der Waals surface area contributed by atoms with Crippen molar-refractivity contribution in [3.8, 4) is 0 Å². The highest BCUT2D eigenvalue weighted by Crippen LogP contribution is 2.52. The summed E-state index contributed by atoms with van der Waals surface area (Å²) in [6.07, 6.45) is -5.96. The molecule has 2 aromatic rings. The van der Waals surface area contributed by atoms with Crippen molar-refractivity contribution in [3.63, 3.8) is 0 Å². The Morgan fingerprint density at radius 2 is 1.27 bits per heavy atom. The molecule has 1 unspecified atom stereocenters. The van der Waals surface area contributed by atoms with E-state index in [1.165, 1.54) is 30.3 Å². The van der Waals surface area contributed by atoms with Crippen LogP contribution in [-0.4, -0.2) is 17.2 Å². The molecule has 0 aliphatic heterocycles. The molecule has 0 spiro atoms. The van der Waals surface area contributed by atoms with Gasteiger partial charge in [-0.25, -0.2) is 0 Å². The lowest BCUT2D eigenvalue weighted by Gasteiger charge is -2.38. The highest BCUT2D eigenvalue weighted by Gasteiger charge is 2.71. The quantitative estimate of drug-likeness (QED) is 0.800. The molecule has 0 aliphatic rings. The van der Waals surface area contributed by atoms with Crippen LogP contribution in [0.1, 0.15) is 11.1 Å². The van der Waals surface area contributed by atoms with Gasteiger partial charge in [0, 0.05) is 10.6 Å². The number of hydrogen-bond acceptors (Lipinski definition) is 1. The molecule has 0 bridgehead atoms. The van der Waals surface area contributed by atoms with Crippen LogP contribution in [0.2, 0.25) is 5.02 Å². The second-order valence-electron chi connectivity index (χ2n) is 4.63. The molecule has 0 radical (unpaired) electrons. The van der Waals surface area contributed by atoms with Crippen LogP contribution in [0.25, 0.3) is 0 Å². The summed E-state index contributed by atoms with van der Waals surface area (Å²) in [4.78, 5) is 0. The van der Waals surface area contributed by atoms with E-state index in [0.717, 1.165) is 24.3 Å². The van der Waals surface area contributed by atoms with Gasteiger partial charge in [-0.15, -0.1) is 0 Å². The first-order chi connectivity index (χ1) is 10.1. The van der Waals surface area contributed by atoms with Crippen molar-refractivity contribution in [3.05, 3.63) is 70.7 Å². The molecule has 2 rings (SSSR count). The van der Waals surface area contributed by atoms with Gasteiger partial charge in [-0.05, 0) is 11.6 Å². The zero-order valence-corrected chi connectivity index (χ0v) is 11.7. The fourth-order valence-electron chi connectivity index (χ4n) is 2.15. The number of rotatable bonds is 3. The van der Waals surface area contributed by atoms with E-state index >= 15 is 0 Å². The van der Waals surface area contributed by atoms with E-state index in [1.54, 1.807) is 0 Å². The van der Waals surface area contributed by atoms with E-state index in [-0.39, 0.29) is 0 Å². The predicted molar refractivity (Wildman–Crippen MR) is 71.9 cm³/mol. The molecule has 118 valence electrons. The Morgan fingerprint density at radius 3 is 1.77 bits per heavy atom. The molecule has 22 heavy (non-hydrogen) atoms. The Bertz CT molecular complexity index is 656. The van der Waals surface area contributed by atoms with E-state index in [1.807, 2.05) is 0 Å². The third-order valence-corrected chi connectivity index (χ3v) is 3.60. The molecular weight excluding hydrogens is 327 g/mol. The van der Waals surface area contributed by atoms with Crippen LogP contribution >= 0.6 is 11.6 Å². The summed E-state index contributed by atoms with van der Waals surface area (Å²) in [5.74, 6) is -5.44. The molecule has 0 amide bonds. The van der Waals surface area contributed by atoms with Crippen LogP contribution in [0, 0.1) is 0 Å². The third kappa shape index (κ3) is 2.46. The van der Waals surface area contributed by atoms with Gasteiger partial charge in [0.15, 0.2) is 5.60 Å². The number of hydrogen-bond donors (Lipinski definition) is 1. The SMILES string of the molecule is OC(c1ccccc1)(c1ccccc1Cl)C(F)(F)C(F)(F)F. The Hall–Kier alpha value is -1.66. The molecule has 2 aromatic carbocycles. The third-order valence-electron chi connectivity index (χ3n) is 3.27. The first-order valence-corrected chi connectivity index (χ1v) is 6.47. The minimum atomic E-state index is -5.96. The maximum atomic E-state index is 14.1. The average Bonchev–Trinajstić information content (AvgIpc) is 2.46. The number of benzene rings is 2. The molecular formula is C15H10ClF5O. The van der Waals surface area contributed by atoms with Gasteiger partial charge in [-0.3, -0.25) is 0 Å². The summed E-state index contributed by atoms with van der Waals surface area (Å²) in [5, 5.41) is 10.1. The van der Waals surface area contributed by atoms with Crippen molar-refractivity contribution in [1.82, 2.24) is 0 Å². The molecule has 1 N–H and O–H groups in total. The van der Waals surface area contributed by atoms with Gasteiger partial charge in [-0.2, -0.15) is 22.0 Å². The summed E-state index contributed by atoms with van der Waals surface area (Å²) in [5.41, 5.74) is -4.96. The van der Waals surface area contributed by atoms with Gasteiger partial charge >= 0.3 is 12.1 Å². The van der Waals surface area contributed by atoms with Crippen LogP contribution in [0.3, 0.4) is 0 Å². The molecule has 0 fully saturated rings. The average molecular weight is 337 g/mol. The van der Waals surface area contributed by atoms with Crippen LogP contribution in [0.15, 0.2) is 54.6 Å². The Morgan fingerprint density at radius 1 is 0.773 bits per heavy atom. The largest absolute Gasteiger partial charge is 0.457 e. The Kier molecular flexibility index (Phi) is 4.19. The minimum Gasteiger partial charge on any atom is -0.374 e. The standard InChI is InChI=1S/C15H10ClF5O/c16-12-9-5-4-8-11(12)13(22,10-6-2-1-3-7-10)14(17,18)15(19,20)21/h1-9,22H. The highest BCUT2D eigenvalue weighted by molar-refractivity contribution is 6.31. The summed E-state index contributed by atoms with van der Waals surface area (Å²) < 4.78 is 66.8. The molecule has 0 saturated carbocycles. The van der Waals surface area contributed by atoms with Crippen LogP contribution in [-0.2, 0) is 5.60 Å². The van der Waals surface area contributed by atoms with E-state index in [0.29, 0.717) is 0 Å². The van der Waals surface area contributed by atoms with Gasteiger partial charge < -0.3 is 5.11 Å². The first kappa shape index (κ1) is 16.7. The molecule has 0 saturated heterocycles. The van der Waals surface area contributed by atoms with Crippen LogP contribution < -0.4 is 0 Å². The first-order valence-electron chi connectivity index (χ1n) is 6.10. The summed E-state index contributed by atoms with van der Waals surface area (Å²) >= 11 is 5.75. The van der Waals surface area contributed by atoms with Crippen molar-refractivity contribution in [2.45, 2.75) is 17.7 Å². The van der Waals surface area contributed by atoms with Gasteiger partial charge in [-0.1, -0.05) is 60.1 Å². The van der Waals surface area contributed by atoms with E-state index in [2.05, 4.69) is 0 Å². The van der Waals surface area contributed by atoms with Crippen molar-refractivity contribution in [2.75, 3.05) is 0 Å². The minimum absolute atomic E-state index is 0.391. The van der Waals surface area contributed by atoms with E-state index in [4.69, 9.17) is 11.6 Å². The van der Waals surface area contributed by atoms with Crippen molar-refractivity contribution in [1.29, 1.82) is 0 Å². The van der Waals surface area contributed by atoms with Crippen LogP contribution in [0.5, 0.6) is 0 Å². The predicted octanol–water partition coefficient (Wildman–Crippen LogP) is 4.77. The maximum Gasteiger partial charge on any atom is 0.457 e. The van der Waals surface area contributed by atoms with Crippen molar-refractivity contribution < 1.29 is 27.1 Å². The number of alkyl halides is 5. The van der Waals surface area contributed by atoms with E-state index in [9.17, 15) is 27.1 Å². The Labute approximate surface area is 128 Å². The lowest BCUT2D eigenvalue weighted by Crippen LogP contribution is -2.55. The zero-order chi connectivity index (χ0) is 16.6. The second-order valence-corrected chi connectivity index (χ2v) is 5.04. The van der Waals surface area contributed by atoms with Gasteiger partial charge in [0.1, 0.15) is 0 Å². The van der Waals surface area contributed by atoms with Crippen LogP contribution in [0.4, 0.5) is 22.0 Å². The van der Waals surface area contributed by atoms with Crippen molar-refractivity contribution in [2.24, 2.45) is 0 Å². The monoisotopic (exact) mass is 336 g/mol. The van der Waals surface area contributed by atoms with Gasteiger partial charge in [0.05, 0.1) is 0 Å². The number of halogens is 6. The number of aliphatic hydroxyl groups is 1. The Balaban J connectivity index is 2.80. The second kappa shape index (κ2) is 5.52. The van der Waals surface area contributed by atoms with Crippen molar-refractivity contribution >= 4 is 11.6 Å². The molecule has 1 nitrogen and oxygen atoms in total. The summed E-state index contributed by atoms with van der Waals surface area (Å²) in [6, 6.07) is 10.6. The van der Waals surface area contributed by atoms with Gasteiger partial charge in [0.2, 0.25) is 0 Å². The molecule has 0 heterocycles. The maximum absolute atomic E-state index is 14.1. The molecule has 7 heteroatoms. The smallest absolute Gasteiger partial charge is 0.374 e.